The van der Waals surface area contributed by atoms with E-state index in [4.69, 9.17) is 5.26 Å². The van der Waals surface area contributed by atoms with Gasteiger partial charge < -0.3 is 15.7 Å². The second-order valence-corrected chi connectivity index (χ2v) is 5.89. The van der Waals surface area contributed by atoms with Gasteiger partial charge in [-0.05, 0) is 42.5 Å². The Labute approximate surface area is 154 Å². The summed E-state index contributed by atoms with van der Waals surface area (Å²) >= 11 is 0. The maximum Gasteiger partial charge on any atom is 0.263 e. The van der Waals surface area contributed by atoms with Crippen molar-refractivity contribution in [2.24, 2.45) is 0 Å². The van der Waals surface area contributed by atoms with Crippen LogP contribution < -0.4 is 10.6 Å². The van der Waals surface area contributed by atoms with Crippen LogP contribution in [-0.2, 0) is 17.6 Å². The molecule has 0 heterocycles. The highest BCUT2D eigenvalue weighted by Crippen LogP contribution is 2.09. The van der Waals surface area contributed by atoms with Gasteiger partial charge in [0.05, 0.1) is 0 Å². The van der Waals surface area contributed by atoms with E-state index in [0.717, 1.165) is 18.4 Å². The zero-order valence-corrected chi connectivity index (χ0v) is 14.6. The van der Waals surface area contributed by atoms with Crippen molar-refractivity contribution in [2.45, 2.75) is 19.3 Å². The van der Waals surface area contributed by atoms with Gasteiger partial charge in [-0.3, -0.25) is 4.79 Å². The lowest BCUT2D eigenvalue weighted by Crippen LogP contribution is -2.27. The molecule has 0 aliphatic carbocycles. The summed E-state index contributed by atoms with van der Waals surface area (Å²) in [5, 5.41) is 24.1. The van der Waals surface area contributed by atoms with E-state index in [0.29, 0.717) is 19.5 Å². The van der Waals surface area contributed by atoms with Crippen LogP contribution in [0.3, 0.4) is 0 Å². The SMILES string of the molecule is N#C/C(=C/NCCCc1ccccc1)C(=O)NCCc1ccc(O)cc1. The Kier molecular flexibility index (Phi) is 7.75. The molecular weight excluding hydrogens is 326 g/mol. The van der Waals surface area contributed by atoms with Gasteiger partial charge in [0.1, 0.15) is 17.4 Å². The number of aromatic hydroxyl groups is 1. The third-order valence-electron chi connectivity index (χ3n) is 3.88. The number of carbonyl (C=O) groups is 1. The van der Waals surface area contributed by atoms with E-state index < -0.39 is 0 Å². The van der Waals surface area contributed by atoms with Gasteiger partial charge in [0, 0.05) is 19.3 Å². The fraction of sp³-hybridized carbons (Fsp3) is 0.238. The van der Waals surface area contributed by atoms with E-state index >= 15 is 0 Å². The van der Waals surface area contributed by atoms with Crippen LogP contribution in [0, 0.1) is 11.3 Å². The van der Waals surface area contributed by atoms with Gasteiger partial charge in [-0.15, -0.1) is 0 Å². The first-order valence-electron chi connectivity index (χ1n) is 8.62. The number of phenols is 1. The summed E-state index contributed by atoms with van der Waals surface area (Å²) < 4.78 is 0. The Bertz CT molecular complexity index is 762. The minimum absolute atomic E-state index is 0.0652. The second kappa shape index (κ2) is 10.6. The molecule has 2 aromatic rings. The molecule has 0 bridgehead atoms. The predicted molar refractivity (Wildman–Crippen MR) is 101 cm³/mol. The van der Waals surface area contributed by atoms with Gasteiger partial charge in [0.25, 0.3) is 5.91 Å². The van der Waals surface area contributed by atoms with E-state index in [1.165, 1.54) is 11.8 Å². The number of rotatable bonds is 9. The molecule has 134 valence electrons. The number of nitrogens with zero attached hydrogens (tertiary/aromatic N) is 1. The Balaban J connectivity index is 1.68. The standard InChI is InChI=1S/C21H23N3O2/c22-15-19(16-23-13-4-7-17-5-2-1-3-6-17)21(26)24-14-12-18-8-10-20(25)11-9-18/h1-3,5-6,8-11,16,23,25H,4,7,12-14H2,(H,24,26)/b19-16-. The Morgan fingerprint density at radius 3 is 2.38 bits per heavy atom. The van der Waals surface area contributed by atoms with E-state index in [2.05, 4.69) is 22.8 Å². The number of phenolic OH excluding ortho intramolecular Hbond substituents is 1. The summed E-state index contributed by atoms with van der Waals surface area (Å²) in [5.74, 6) is -0.173. The van der Waals surface area contributed by atoms with Crippen molar-refractivity contribution in [1.29, 1.82) is 5.26 Å². The molecule has 5 nitrogen and oxygen atoms in total. The molecule has 0 fully saturated rings. The van der Waals surface area contributed by atoms with Crippen LogP contribution in [0.2, 0.25) is 0 Å². The lowest BCUT2D eigenvalue weighted by Gasteiger charge is -2.06. The lowest BCUT2D eigenvalue weighted by molar-refractivity contribution is -0.117. The van der Waals surface area contributed by atoms with Crippen molar-refractivity contribution >= 4 is 5.91 Å². The number of nitriles is 1. The van der Waals surface area contributed by atoms with Gasteiger partial charge in [0.15, 0.2) is 0 Å². The molecule has 1 amide bonds. The Hall–Kier alpha value is -3.26. The summed E-state index contributed by atoms with van der Waals surface area (Å²) in [6, 6.07) is 18.9. The molecular formula is C21H23N3O2. The topological polar surface area (TPSA) is 85.2 Å². The summed E-state index contributed by atoms with van der Waals surface area (Å²) in [5.41, 5.74) is 2.34. The highest BCUT2D eigenvalue weighted by Gasteiger charge is 2.07. The van der Waals surface area contributed by atoms with Gasteiger partial charge in [-0.2, -0.15) is 5.26 Å². The quantitative estimate of drug-likeness (QED) is 0.369. The number of benzene rings is 2. The molecule has 0 aromatic heterocycles. The molecule has 0 unspecified atom stereocenters. The van der Waals surface area contributed by atoms with Crippen molar-refractivity contribution in [3.05, 3.63) is 77.5 Å². The third-order valence-corrected chi connectivity index (χ3v) is 3.88. The molecule has 0 atom stereocenters. The Morgan fingerprint density at radius 1 is 1.00 bits per heavy atom. The minimum atomic E-state index is -0.387. The number of hydrogen-bond donors (Lipinski definition) is 3. The molecule has 2 aromatic carbocycles. The van der Waals surface area contributed by atoms with Crippen LogP contribution in [-0.4, -0.2) is 24.1 Å². The normalized spacial score (nSPS) is 10.8. The maximum atomic E-state index is 12.0. The number of amides is 1. The van der Waals surface area contributed by atoms with Gasteiger partial charge in [0.2, 0.25) is 0 Å². The molecule has 0 aliphatic heterocycles. The first-order chi connectivity index (χ1) is 12.7. The van der Waals surface area contributed by atoms with Crippen LogP contribution in [0.15, 0.2) is 66.4 Å². The van der Waals surface area contributed by atoms with Gasteiger partial charge in [-0.1, -0.05) is 42.5 Å². The van der Waals surface area contributed by atoms with Crippen LogP contribution in [0.5, 0.6) is 5.75 Å². The number of hydrogen-bond acceptors (Lipinski definition) is 4. The monoisotopic (exact) mass is 349 g/mol. The minimum Gasteiger partial charge on any atom is -0.508 e. The van der Waals surface area contributed by atoms with E-state index in [1.807, 2.05) is 24.3 Å². The number of nitrogens with one attached hydrogen (secondary N) is 2. The van der Waals surface area contributed by atoms with Crippen molar-refractivity contribution in [3.63, 3.8) is 0 Å². The summed E-state index contributed by atoms with van der Waals surface area (Å²) in [7, 11) is 0. The lowest BCUT2D eigenvalue weighted by atomic mass is 10.1. The highest BCUT2D eigenvalue weighted by atomic mass is 16.3. The van der Waals surface area contributed by atoms with Crippen molar-refractivity contribution in [1.82, 2.24) is 10.6 Å². The molecule has 5 heteroatoms. The van der Waals surface area contributed by atoms with E-state index in [9.17, 15) is 9.90 Å². The predicted octanol–water partition coefficient (Wildman–Crippen LogP) is 2.68. The zero-order valence-electron chi connectivity index (χ0n) is 14.6. The summed E-state index contributed by atoms with van der Waals surface area (Å²) in [6.07, 6.45) is 3.97. The molecule has 26 heavy (non-hydrogen) atoms. The van der Waals surface area contributed by atoms with Gasteiger partial charge >= 0.3 is 0 Å². The highest BCUT2D eigenvalue weighted by molar-refractivity contribution is 5.97. The van der Waals surface area contributed by atoms with E-state index in [1.54, 1.807) is 24.3 Å². The summed E-state index contributed by atoms with van der Waals surface area (Å²) in [4.78, 5) is 12.0. The van der Waals surface area contributed by atoms with Gasteiger partial charge in [-0.25, -0.2) is 0 Å². The molecule has 0 saturated heterocycles. The molecule has 0 radical (unpaired) electrons. The van der Waals surface area contributed by atoms with Crippen LogP contribution in [0.4, 0.5) is 0 Å². The summed E-state index contributed by atoms with van der Waals surface area (Å²) in [6.45, 7) is 1.12. The van der Waals surface area contributed by atoms with Crippen LogP contribution in [0.1, 0.15) is 17.5 Å². The average Bonchev–Trinajstić information content (AvgIpc) is 2.67. The zero-order chi connectivity index (χ0) is 18.6. The largest absolute Gasteiger partial charge is 0.508 e. The first kappa shape index (κ1) is 19.1. The van der Waals surface area contributed by atoms with Crippen LogP contribution >= 0.6 is 0 Å². The van der Waals surface area contributed by atoms with Crippen molar-refractivity contribution in [3.8, 4) is 11.8 Å². The molecule has 2 rings (SSSR count). The second-order valence-electron chi connectivity index (χ2n) is 5.89. The number of aryl methyl sites for hydroxylation is 1. The third kappa shape index (κ3) is 6.70. The average molecular weight is 349 g/mol. The first-order valence-corrected chi connectivity index (χ1v) is 8.62. The number of carbonyl (C=O) groups excluding carboxylic acids is 1. The van der Waals surface area contributed by atoms with Crippen molar-refractivity contribution < 1.29 is 9.90 Å². The molecule has 0 spiro atoms. The molecule has 3 N–H and O–H groups in total. The van der Waals surface area contributed by atoms with Crippen LogP contribution in [0.25, 0.3) is 0 Å². The van der Waals surface area contributed by atoms with E-state index in [-0.39, 0.29) is 17.2 Å². The van der Waals surface area contributed by atoms with Crippen molar-refractivity contribution in [2.75, 3.05) is 13.1 Å². The Morgan fingerprint density at radius 2 is 1.69 bits per heavy atom. The fourth-order valence-corrected chi connectivity index (χ4v) is 2.44. The maximum absolute atomic E-state index is 12.0. The smallest absolute Gasteiger partial charge is 0.263 e. The molecule has 0 aliphatic rings. The fourth-order valence-electron chi connectivity index (χ4n) is 2.44. The molecule has 0 saturated carbocycles.